The Hall–Kier alpha value is -0.683. The summed E-state index contributed by atoms with van der Waals surface area (Å²) in [6, 6.07) is 2.53. The molecule has 0 saturated carbocycles. The molecule has 0 radical (unpaired) electrons. The third kappa shape index (κ3) is 3.42. The Bertz CT molecular complexity index is 427. The highest BCUT2D eigenvalue weighted by Crippen LogP contribution is 2.26. The molecule has 0 heterocycles. The number of benzene rings is 1. The van der Waals surface area contributed by atoms with Crippen molar-refractivity contribution < 1.29 is 13.2 Å². The molecule has 1 nitrogen and oxygen atoms in total. The Morgan fingerprint density at radius 3 is 2.38 bits per heavy atom. The number of hydrogen-bond acceptors (Lipinski definition) is 1. The summed E-state index contributed by atoms with van der Waals surface area (Å²) in [5, 5.41) is 0. The second-order valence-corrected chi connectivity index (χ2v) is 9.73. The van der Waals surface area contributed by atoms with Crippen LogP contribution in [0, 0.1) is 11.6 Å². The molecule has 88 valence electrons. The minimum Gasteiger partial charge on any atom is -0.544 e. The molecule has 0 unspecified atom stereocenters. The summed E-state index contributed by atoms with van der Waals surface area (Å²) in [5.74, 6) is -1.66. The SMILES string of the molecule is C=C(O[Si](C)(C)C)c1cc(Br)cc(F)c1F. The first-order chi connectivity index (χ1) is 7.20. The normalized spacial score (nSPS) is 11.4. The van der Waals surface area contributed by atoms with Gasteiger partial charge < -0.3 is 4.43 Å². The zero-order valence-corrected chi connectivity index (χ0v) is 12.0. The van der Waals surface area contributed by atoms with Crippen LogP contribution >= 0.6 is 15.9 Å². The van der Waals surface area contributed by atoms with E-state index in [0.29, 0.717) is 4.47 Å². The van der Waals surface area contributed by atoms with Crippen LogP contribution in [0.3, 0.4) is 0 Å². The topological polar surface area (TPSA) is 9.23 Å². The molecule has 0 amide bonds. The zero-order valence-electron chi connectivity index (χ0n) is 9.40. The molecule has 1 aromatic carbocycles. The fourth-order valence-electron chi connectivity index (χ4n) is 1.18. The van der Waals surface area contributed by atoms with Gasteiger partial charge >= 0.3 is 0 Å². The van der Waals surface area contributed by atoms with E-state index < -0.39 is 20.0 Å². The standard InChI is InChI=1S/C11H13BrF2OSi/c1-7(15-16(2,3)4)9-5-8(12)6-10(13)11(9)14/h5-6H,1H2,2-4H3. The first kappa shape index (κ1) is 13.4. The smallest absolute Gasteiger partial charge is 0.242 e. The van der Waals surface area contributed by atoms with E-state index >= 15 is 0 Å². The quantitative estimate of drug-likeness (QED) is 0.452. The lowest BCUT2D eigenvalue weighted by Gasteiger charge is -2.21. The molecule has 0 N–H and O–H groups in total. The number of hydrogen-bond donors (Lipinski definition) is 0. The van der Waals surface area contributed by atoms with Gasteiger partial charge in [0, 0.05) is 4.47 Å². The van der Waals surface area contributed by atoms with Crippen molar-refractivity contribution in [3.8, 4) is 0 Å². The first-order valence-corrected chi connectivity index (χ1v) is 8.93. The van der Waals surface area contributed by atoms with Crippen molar-refractivity contribution in [2.45, 2.75) is 19.6 Å². The Kier molecular flexibility index (Phi) is 3.91. The Morgan fingerprint density at radius 1 is 1.31 bits per heavy atom. The lowest BCUT2D eigenvalue weighted by Crippen LogP contribution is -2.24. The van der Waals surface area contributed by atoms with Crippen LogP contribution in [0.1, 0.15) is 5.56 Å². The van der Waals surface area contributed by atoms with Crippen LogP contribution in [0.15, 0.2) is 23.2 Å². The molecule has 1 aromatic rings. The molecule has 0 saturated heterocycles. The molecule has 0 spiro atoms. The fraction of sp³-hybridized carbons (Fsp3) is 0.273. The van der Waals surface area contributed by atoms with Gasteiger partial charge in [-0.15, -0.1) is 0 Å². The van der Waals surface area contributed by atoms with Crippen LogP contribution < -0.4 is 0 Å². The van der Waals surface area contributed by atoms with E-state index in [1.165, 1.54) is 6.07 Å². The van der Waals surface area contributed by atoms with Crippen molar-refractivity contribution in [3.63, 3.8) is 0 Å². The van der Waals surface area contributed by atoms with Crippen molar-refractivity contribution >= 4 is 30.0 Å². The van der Waals surface area contributed by atoms with Gasteiger partial charge in [-0.3, -0.25) is 0 Å². The lowest BCUT2D eigenvalue weighted by molar-refractivity contribution is 0.481. The highest BCUT2D eigenvalue weighted by atomic mass is 79.9. The third-order valence-electron chi connectivity index (χ3n) is 1.72. The average Bonchev–Trinajstić information content (AvgIpc) is 2.08. The zero-order chi connectivity index (χ0) is 12.5. The molecule has 0 aliphatic heterocycles. The second-order valence-electron chi connectivity index (χ2n) is 4.39. The van der Waals surface area contributed by atoms with Crippen LogP contribution in [0.2, 0.25) is 19.6 Å². The van der Waals surface area contributed by atoms with Gasteiger partial charge in [-0.05, 0) is 31.8 Å². The minimum atomic E-state index is -1.86. The van der Waals surface area contributed by atoms with Crippen LogP contribution in [-0.2, 0) is 4.43 Å². The minimum absolute atomic E-state index is 0.0642. The van der Waals surface area contributed by atoms with E-state index in [-0.39, 0.29) is 11.3 Å². The van der Waals surface area contributed by atoms with Gasteiger partial charge in [0.15, 0.2) is 11.6 Å². The van der Waals surface area contributed by atoms with E-state index in [1.54, 1.807) is 0 Å². The van der Waals surface area contributed by atoms with Crippen molar-refractivity contribution in [1.29, 1.82) is 0 Å². The monoisotopic (exact) mass is 306 g/mol. The molecule has 0 fully saturated rings. The highest BCUT2D eigenvalue weighted by molar-refractivity contribution is 9.10. The van der Waals surface area contributed by atoms with Gasteiger partial charge in [-0.25, -0.2) is 8.78 Å². The first-order valence-electron chi connectivity index (χ1n) is 4.73. The summed E-state index contributed by atoms with van der Waals surface area (Å²) in [6.45, 7) is 9.48. The molecule has 0 atom stereocenters. The molecule has 16 heavy (non-hydrogen) atoms. The van der Waals surface area contributed by atoms with E-state index in [1.807, 2.05) is 19.6 Å². The molecule has 1 rings (SSSR count). The van der Waals surface area contributed by atoms with Gasteiger partial charge in [0.25, 0.3) is 0 Å². The van der Waals surface area contributed by atoms with E-state index in [9.17, 15) is 8.78 Å². The molecule has 0 aliphatic rings. The fourth-order valence-corrected chi connectivity index (χ4v) is 2.46. The Balaban J connectivity index is 3.09. The maximum Gasteiger partial charge on any atom is 0.242 e. The summed E-state index contributed by atoms with van der Waals surface area (Å²) in [4.78, 5) is 0. The number of rotatable bonds is 3. The van der Waals surface area contributed by atoms with E-state index in [4.69, 9.17) is 4.43 Å². The Labute approximate surface area is 103 Å². The van der Waals surface area contributed by atoms with E-state index in [0.717, 1.165) is 6.07 Å². The summed E-state index contributed by atoms with van der Waals surface area (Å²) >= 11 is 3.10. The van der Waals surface area contributed by atoms with Crippen LogP contribution in [0.25, 0.3) is 5.76 Å². The van der Waals surface area contributed by atoms with Crippen molar-refractivity contribution in [2.24, 2.45) is 0 Å². The lowest BCUT2D eigenvalue weighted by atomic mass is 10.2. The largest absolute Gasteiger partial charge is 0.544 e. The summed E-state index contributed by atoms with van der Waals surface area (Å²) in [5.41, 5.74) is 0.0642. The second kappa shape index (κ2) is 4.67. The molecule has 0 bridgehead atoms. The molecule has 0 aliphatic carbocycles. The Morgan fingerprint density at radius 2 is 1.88 bits per heavy atom. The molecule has 5 heteroatoms. The predicted molar refractivity (Wildman–Crippen MR) is 67.5 cm³/mol. The third-order valence-corrected chi connectivity index (χ3v) is 3.04. The van der Waals surface area contributed by atoms with Crippen LogP contribution in [-0.4, -0.2) is 8.32 Å². The van der Waals surface area contributed by atoms with Gasteiger partial charge in [-0.1, -0.05) is 22.5 Å². The van der Waals surface area contributed by atoms with Crippen LogP contribution in [0.4, 0.5) is 8.78 Å². The van der Waals surface area contributed by atoms with Gasteiger partial charge in [0.2, 0.25) is 8.32 Å². The average molecular weight is 307 g/mol. The van der Waals surface area contributed by atoms with Gasteiger partial charge in [0.1, 0.15) is 5.76 Å². The number of halogens is 3. The van der Waals surface area contributed by atoms with Crippen molar-refractivity contribution in [3.05, 3.63) is 40.4 Å². The molecular formula is C11H13BrF2OSi. The van der Waals surface area contributed by atoms with Gasteiger partial charge in [-0.2, -0.15) is 0 Å². The summed E-state index contributed by atoms with van der Waals surface area (Å²) in [6.07, 6.45) is 0. The maximum atomic E-state index is 13.5. The highest BCUT2D eigenvalue weighted by Gasteiger charge is 2.20. The van der Waals surface area contributed by atoms with Crippen LogP contribution in [0.5, 0.6) is 0 Å². The summed E-state index contributed by atoms with van der Waals surface area (Å²) in [7, 11) is -1.86. The molecular weight excluding hydrogens is 294 g/mol. The molecule has 0 aromatic heterocycles. The maximum absolute atomic E-state index is 13.5. The summed E-state index contributed by atoms with van der Waals surface area (Å²) < 4.78 is 32.6. The van der Waals surface area contributed by atoms with Gasteiger partial charge in [0.05, 0.1) is 5.56 Å². The van der Waals surface area contributed by atoms with E-state index in [2.05, 4.69) is 22.5 Å². The predicted octanol–water partition coefficient (Wildman–Crippen LogP) is 4.55. The van der Waals surface area contributed by atoms with Crippen molar-refractivity contribution in [1.82, 2.24) is 0 Å². The van der Waals surface area contributed by atoms with Crippen molar-refractivity contribution in [2.75, 3.05) is 0 Å².